The van der Waals surface area contributed by atoms with Crippen molar-refractivity contribution in [1.82, 2.24) is 9.13 Å². The zero-order chi connectivity index (χ0) is 33.8. The van der Waals surface area contributed by atoms with E-state index in [9.17, 15) is 5.26 Å². The molecule has 0 aliphatic carbocycles. The van der Waals surface area contributed by atoms with Gasteiger partial charge in [-0.15, -0.1) is 0 Å². The molecule has 0 spiro atoms. The van der Waals surface area contributed by atoms with Crippen LogP contribution >= 0.6 is 7.14 Å². The third kappa shape index (κ3) is 4.28. The van der Waals surface area contributed by atoms with Crippen molar-refractivity contribution >= 4 is 72.4 Å². The van der Waals surface area contributed by atoms with Gasteiger partial charge in [-0.05, 0) is 72.1 Å². The first-order valence-corrected chi connectivity index (χ1v) is 18.0. The molecule has 0 aliphatic heterocycles. The summed E-state index contributed by atoms with van der Waals surface area (Å²) in [4.78, 5) is 3.74. The number of hydrogen-bond donors (Lipinski definition) is 0. The van der Waals surface area contributed by atoms with Crippen molar-refractivity contribution in [3.05, 3.63) is 181 Å². The lowest BCUT2D eigenvalue weighted by Crippen LogP contribution is -2.27. The van der Waals surface area contributed by atoms with Crippen LogP contribution in [0.25, 0.3) is 59.8 Å². The van der Waals surface area contributed by atoms with Gasteiger partial charge in [0.05, 0.1) is 40.3 Å². The molecule has 0 fully saturated rings. The standard InChI is InChI=1S/C44H27N4OP/c1-46-31-24-26-40-38(28-31)36-20-12-22-42(44(36)48(40)33-15-7-3-8-16-33)50(49,34-17-9-4-10-18-34)41-21-11-19-35-37-27-30(29-45)23-25-39(37)47(43(35)41)32-13-5-2-6-14-32/h2-28H. The Kier molecular flexibility index (Phi) is 6.78. The average molecular weight is 659 g/mol. The molecule has 0 radical (unpaired) electrons. The summed E-state index contributed by atoms with van der Waals surface area (Å²) in [6, 6.07) is 56.0. The summed E-state index contributed by atoms with van der Waals surface area (Å²) in [5.74, 6) is 0. The molecule has 7 aromatic carbocycles. The Morgan fingerprint density at radius 2 is 1.04 bits per heavy atom. The summed E-state index contributed by atoms with van der Waals surface area (Å²) in [5.41, 5.74) is 6.54. The highest BCUT2D eigenvalue weighted by Gasteiger charge is 2.36. The number of nitrogens with zero attached hydrogens (tertiary/aromatic N) is 4. The van der Waals surface area contributed by atoms with E-state index in [0.29, 0.717) is 27.2 Å². The van der Waals surface area contributed by atoms with Crippen LogP contribution in [0.4, 0.5) is 5.69 Å². The second-order valence-corrected chi connectivity index (χ2v) is 15.0. The number of para-hydroxylation sites is 4. The molecule has 0 aliphatic rings. The van der Waals surface area contributed by atoms with Gasteiger partial charge < -0.3 is 13.7 Å². The van der Waals surface area contributed by atoms with Crippen LogP contribution in [-0.4, -0.2) is 9.13 Å². The summed E-state index contributed by atoms with van der Waals surface area (Å²) in [6.45, 7) is 7.76. The molecule has 0 saturated heterocycles. The van der Waals surface area contributed by atoms with Crippen LogP contribution in [-0.2, 0) is 4.57 Å². The van der Waals surface area contributed by atoms with E-state index < -0.39 is 7.14 Å². The highest BCUT2D eigenvalue weighted by molar-refractivity contribution is 7.86. The number of rotatable bonds is 5. The average Bonchev–Trinajstić information content (AvgIpc) is 3.70. The zero-order valence-electron chi connectivity index (χ0n) is 26.7. The molecule has 9 rings (SSSR count). The largest absolute Gasteiger partial charge is 0.309 e. The van der Waals surface area contributed by atoms with Crippen LogP contribution in [0.5, 0.6) is 0 Å². The van der Waals surface area contributed by atoms with Gasteiger partial charge in [-0.3, -0.25) is 0 Å². The summed E-state index contributed by atoms with van der Waals surface area (Å²) in [6.07, 6.45) is 0. The van der Waals surface area contributed by atoms with E-state index in [4.69, 9.17) is 6.57 Å². The molecule has 234 valence electrons. The lowest BCUT2D eigenvalue weighted by atomic mass is 10.1. The van der Waals surface area contributed by atoms with Crippen molar-refractivity contribution in [2.75, 3.05) is 0 Å². The molecule has 50 heavy (non-hydrogen) atoms. The van der Waals surface area contributed by atoms with Gasteiger partial charge in [0.25, 0.3) is 0 Å². The minimum absolute atomic E-state index is 0.551. The monoisotopic (exact) mass is 658 g/mol. The maximum atomic E-state index is 16.9. The third-order valence-electron chi connectivity index (χ3n) is 9.60. The maximum Gasteiger partial charge on any atom is 0.188 e. The Labute approximate surface area is 288 Å². The Hall–Kier alpha value is -6.65. The molecule has 0 amide bonds. The summed E-state index contributed by atoms with van der Waals surface area (Å²) >= 11 is 0. The molecular formula is C44H27N4OP. The number of benzene rings is 7. The van der Waals surface area contributed by atoms with Gasteiger partial charge in [0.15, 0.2) is 12.8 Å². The van der Waals surface area contributed by atoms with E-state index in [1.165, 1.54) is 0 Å². The van der Waals surface area contributed by atoms with E-state index in [2.05, 4.69) is 56.4 Å². The SMILES string of the molecule is [C-]#[N+]c1ccc2c(c1)c1cccc(P(=O)(c3ccccc3)c3cccc4c5cc(C#N)ccc5n(-c5ccccc5)c34)c1n2-c1ccccc1. The summed E-state index contributed by atoms with van der Waals surface area (Å²) in [5, 5.41) is 15.7. The van der Waals surface area contributed by atoms with Crippen LogP contribution < -0.4 is 15.9 Å². The molecule has 0 bridgehead atoms. The van der Waals surface area contributed by atoms with E-state index >= 15 is 4.57 Å². The predicted octanol–water partition coefficient (Wildman–Crippen LogP) is 9.94. The zero-order valence-corrected chi connectivity index (χ0v) is 27.6. The number of fused-ring (bicyclic) bond motifs is 6. The second-order valence-electron chi connectivity index (χ2n) is 12.3. The van der Waals surface area contributed by atoms with E-state index in [-0.39, 0.29) is 0 Å². The molecule has 2 heterocycles. The minimum atomic E-state index is -3.68. The van der Waals surface area contributed by atoms with E-state index in [0.717, 1.165) is 55.0 Å². The second kappa shape index (κ2) is 11.5. The fourth-order valence-electron chi connectivity index (χ4n) is 7.47. The lowest BCUT2D eigenvalue weighted by molar-refractivity contribution is 0.592. The Bertz CT molecular complexity index is 2730. The minimum Gasteiger partial charge on any atom is -0.309 e. The lowest BCUT2D eigenvalue weighted by Gasteiger charge is -2.24. The molecule has 1 unspecified atom stereocenters. The number of nitriles is 1. The first-order chi connectivity index (χ1) is 24.6. The Balaban J connectivity index is 1.49. The first kappa shape index (κ1) is 29.5. The van der Waals surface area contributed by atoms with Crippen molar-refractivity contribution in [3.63, 3.8) is 0 Å². The van der Waals surface area contributed by atoms with Crippen LogP contribution in [0.3, 0.4) is 0 Å². The number of aromatic nitrogens is 2. The topological polar surface area (TPSA) is 55.1 Å². The highest BCUT2D eigenvalue weighted by atomic mass is 31.2. The normalized spacial score (nSPS) is 12.6. The quantitative estimate of drug-likeness (QED) is 0.137. The smallest absolute Gasteiger partial charge is 0.188 e. The molecule has 1 atom stereocenters. The van der Waals surface area contributed by atoms with Gasteiger partial charge in [-0.1, -0.05) is 97.1 Å². The van der Waals surface area contributed by atoms with Crippen molar-refractivity contribution in [3.8, 4) is 17.4 Å². The molecule has 5 nitrogen and oxygen atoms in total. The van der Waals surface area contributed by atoms with Crippen molar-refractivity contribution in [2.45, 2.75) is 0 Å². The van der Waals surface area contributed by atoms with Crippen LogP contribution in [0.2, 0.25) is 0 Å². The van der Waals surface area contributed by atoms with Crippen molar-refractivity contribution < 1.29 is 4.57 Å². The molecule has 9 aromatic rings. The van der Waals surface area contributed by atoms with Gasteiger partial charge in [-0.2, -0.15) is 5.26 Å². The highest BCUT2D eigenvalue weighted by Crippen LogP contribution is 2.49. The molecular weight excluding hydrogens is 631 g/mol. The maximum absolute atomic E-state index is 16.9. The predicted molar refractivity (Wildman–Crippen MR) is 205 cm³/mol. The fourth-order valence-corrected chi connectivity index (χ4v) is 10.5. The third-order valence-corrected chi connectivity index (χ3v) is 12.7. The van der Waals surface area contributed by atoms with E-state index in [1.54, 1.807) is 0 Å². The fraction of sp³-hybridized carbons (Fsp3) is 0. The molecule has 6 heteroatoms. The van der Waals surface area contributed by atoms with Gasteiger partial charge in [0.1, 0.15) is 0 Å². The van der Waals surface area contributed by atoms with Gasteiger partial charge in [0.2, 0.25) is 0 Å². The summed E-state index contributed by atoms with van der Waals surface area (Å²) < 4.78 is 21.3. The first-order valence-electron chi connectivity index (χ1n) is 16.3. The number of hydrogen-bond acceptors (Lipinski definition) is 2. The van der Waals surface area contributed by atoms with Gasteiger partial charge in [0, 0.05) is 43.4 Å². The molecule has 0 saturated carbocycles. The van der Waals surface area contributed by atoms with E-state index in [1.807, 2.05) is 127 Å². The Morgan fingerprint density at radius 1 is 0.540 bits per heavy atom. The Morgan fingerprint density at radius 3 is 1.56 bits per heavy atom. The van der Waals surface area contributed by atoms with Crippen LogP contribution in [0.15, 0.2) is 164 Å². The van der Waals surface area contributed by atoms with Crippen molar-refractivity contribution in [1.29, 1.82) is 5.26 Å². The van der Waals surface area contributed by atoms with Gasteiger partial charge in [-0.25, -0.2) is 4.85 Å². The van der Waals surface area contributed by atoms with Gasteiger partial charge >= 0.3 is 0 Å². The van der Waals surface area contributed by atoms with Crippen molar-refractivity contribution in [2.24, 2.45) is 0 Å². The molecule has 0 N–H and O–H groups in total. The molecule has 2 aromatic heterocycles. The van der Waals surface area contributed by atoms with Crippen LogP contribution in [0, 0.1) is 17.9 Å². The van der Waals surface area contributed by atoms with Crippen LogP contribution in [0.1, 0.15) is 5.56 Å². The summed E-state index contributed by atoms with van der Waals surface area (Å²) in [7, 11) is -3.68.